The van der Waals surface area contributed by atoms with Crippen LogP contribution in [0, 0.1) is 0 Å². The van der Waals surface area contributed by atoms with Crippen molar-refractivity contribution in [3.05, 3.63) is 48.3 Å². The fraction of sp³-hybridized carbons (Fsp3) is 0.444. The molecule has 3 rings (SSSR count). The number of nitrogens with one attached hydrogen (secondary N) is 1. The van der Waals surface area contributed by atoms with Crippen LogP contribution in [0.25, 0.3) is 0 Å². The zero-order valence-corrected chi connectivity index (χ0v) is 13.9. The molecule has 2 aromatic rings. The van der Waals surface area contributed by atoms with Crippen molar-refractivity contribution in [1.29, 1.82) is 0 Å². The van der Waals surface area contributed by atoms with E-state index in [1.54, 1.807) is 16.9 Å². The number of amides is 1. The number of ether oxygens (including phenoxy) is 2. The molecule has 24 heavy (non-hydrogen) atoms. The molecular weight excluding hydrogens is 306 g/mol. The second kappa shape index (κ2) is 7.97. The standard InChI is InChI=1S/C18H23N3O3/c1-14(12-21-10-5-9-19-21)20-18(22)16-7-2-3-8-17(16)24-13-15-6-4-11-23-15/h2-3,5,7-10,14-15H,4,6,11-13H2,1H3,(H,20,22). The van der Waals surface area contributed by atoms with Crippen LogP contribution in [0.2, 0.25) is 0 Å². The molecule has 1 saturated heterocycles. The summed E-state index contributed by atoms with van der Waals surface area (Å²) < 4.78 is 13.2. The Labute approximate surface area is 141 Å². The van der Waals surface area contributed by atoms with Gasteiger partial charge in [0.25, 0.3) is 5.91 Å². The third kappa shape index (κ3) is 4.35. The SMILES string of the molecule is CC(Cn1cccn1)NC(=O)c1ccccc1OCC1CCCO1. The maximum Gasteiger partial charge on any atom is 0.255 e. The average molecular weight is 329 g/mol. The van der Waals surface area contributed by atoms with Crippen molar-refractivity contribution < 1.29 is 14.3 Å². The van der Waals surface area contributed by atoms with Crippen molar-refractivity contribution in [3.8, 4) is 5.75 Å². The molecular formula is C18H23N3O3. The largest absolute Gasteiger partial charge is 0.490 e. The van der Waals surface area contributed by atoms with Gasteiger partial charge in [-0.3, -0.25) is 9.48 Å². The van der Waals surface area contributed by atoms with Crippen LogP contribution < -0.4 is 10.1 Å². The lowest BCUT2D eigenvalue weighted by Crippen LogP contribution is -2.36. The maximum absolute atomic E-state index is 12.5. The Kier molecular flexibility index (Phi) is 5.48. The highest BCUT2D eigenvalue weighted by Crippen LogP contribution is 2.20. The third-order valence-corrected chi connectivity index (χ3v) is 3.98. The highest BCUT2D eigenvalue weighted by atomic mass is 16.5. The summed E-state index contributed by atoms with van der Waals surface area (Å²) in [5.41, 5.74) is 0.544. The quantitative estimate of drug-likeness (QED) is 0.846. The zero-order chi connectivity index (χ0) is 16.8. The topological polar surface area (TPSA) is 65.4 Å². The molecule has 0 aliphatic carbocycles. The van der Waals surface area contributed by atoms with Crippen molar-refractivity contribution in [1.82, 2.24) is 15.1 Å². The molecule has 128 valence electrons. The normalized spacial score (nSPS) is 18.3. The van der Waals surface area contributed by atoms with E-state index >= 15 is 0 Å². The molecule has 2 heterocycles. The van der Waals surface area contributed by atoms with E-state index in [1.807, 2.05) is 37.4 Å². The molecule has 1 aliphatic heterocycles. The van der Waals surface area contributed by atoms with Gasteiger partial charge in [0.05, 0.1) is 18.2 Å². The summed E-state index contributed by atoms with van der Waals surface area (Å²) in [6.07, 6.45) is 5.81. The minimum Gasteiger partial charge on any atom is -0.490 e. The first-order chi connectivity index (χ1) is 11.7. The Morgan fingerprint density at radius 2 is 2.33 bits per heavy atom. The van der Waals surface area contributed by atoms with E-state index in [9.17, 15) is 4.79 Å². The fourth-order valence-corrected chi connectivity index (χ4v) is 2.77. The molecule has 6 nitrogen and oxygen atoms in total. The van der Waals surface area contributed by atoms with Gasteiger partial charge >= 0.3 is 0 Å². The second-order valence-electron chi connectivity index (χ2n) is 6.04. The minimum atomic E-state index is -0.141. The van der Waals surface area contributed by atoms with Gasteiger partial charge in [-0.05, 0) is 38.0 Å². The smallest absolute Gasteiger partial charge is 0.255 e. The molecule has 2 atom stereocenters. The van der Waals surface area contributed by atoms with Crippen LogP contribution in [0.3, 0.4) is 0 Å². The maximum atomic E-state index is 12.5. The van der Waals surface area contributed by atoms with Crippen LogP contribution in [-0.2, 0) is 11.3 Å². The lowest BCUT2D eigenvalue weighted by molar-refractivity contribution is 0.0670. The van der Waals surface area contributed by atoms with Gasteiger partial charge in [-0.2, -0.15) is 5.10 Å². The molecule has 0 radical (unpaired) electrons. The molecule has 2 unspecified atom stereocenters. The number of para-hydroxylation sites is 1. The summed E-state index contributed by atoms with van der Waals surface area (Å²) in [7, 11) is 0. The number of aromatic nitrogens is 2. The zero-order valence-electron chi connectivity index (χ0n) is 13.9. The number of carbonyl (C=O) groups is 1. The Morgan fingerprint density at radius 1 is 1.46 bits per heavy atom. The molecule has 0 spiro atoms. The number of hydrogen-bond donors (Lipinski definition) is 1. The second-order valence-corrected chi connectivity index (χ2v) is 6.04. The average Bonchev–Trinajstić information content (AvgIpc) is 3.26. The molecule has 1 aromatic heterocycles. The molecule has 0 bridgehead atoms. The van der Waals surface area contributed by atoms with Crippen molar-refractivity contribution >= 4 is 5.91 Å². The summed E-state index contributed by atoms with van der Waals surface area (Å²) in [6.45, 7) is 3.85. The van der Waals surface area contributed by atoms with E-state index in [1.165, 1.54) is 0 Å². The Morgan fingerprint density at radius 3 is 3.08 bits per heavy atom. The fourth-order valence-electron chi connectivity index (χ4n) is 2.77. The van der Waals surface area contributed by atoms with Crippen LogP contribution in [0.1, 0.15) is 30.1 Å². The van der Waals surface area contributed by atoms with Gasteiger partial charge in [0, 0.05) is 25.0 Å². The lowest BCUT2D eigenvalue weighted by atomic mass is 10.1. The summed E-state index contributed by atoms with van der Waals surface area (Å²) in [5.74, 6) is 0.453. The Bertz CT molecular complexity index is 651. The molecule has 1 amide bonds. The van der Waals surface area contributed by atoms with Gasteiger partial charge in [0.15, 0.2) is 0 Å². The molecule has 1 N–H and O–H groups in total. The molecule has 0 saturated carbocycles. The van der Waals surface area contributed by atoms with Crippen molar-refractivity contribution in [2.45, 2.75) is 38.5 Å². The van der Waals surface area contributed by atoms with Crippen LogP contribution >= 0.6 is 0 Å². The number of benzene rings is 1. The Balaban J connectivity index is 1.59. The van der Waals surface area contributed by atoms with Crippen LogP contribution in [0.5, 0.6) is 5.75 Å². The molecule has 1 aliphatic rings. The van der Waals surface area contributed by atoms with Gasteiger partial charge in [-0.1, -0.05) is 12.1 Å². The van der Waals surface area contributed by atoms with Crippen LogP contribution in [0.4, 0.5) is 0 Å². The molecule has 1 fully saturated rings. The first kappa shape index (κ1) is 16.5. The summed E-state index contributed by atoms with van der Waals surface area (Å²) in [6, 6.07) is 9.13. The number of carbonyl (C=O) groups excluding carboxylic acids is 1. The van der Waals surface area contributed by atoms with E-state index in [-0.39, 0.29) is 18.1 Å². The van der Waals surface area contributed by atoms with Crippen LogP contribution in [-0.4, -0.2) is 41.0 Å². The summed E-state index contributed by atoms with van der Waals surface area (Å²) in [4.78, 5) is 12.5. The van der Waals surface area contributed by atoms with Crippen molar-refractivity contribution in [3.63, 3.8) is 0 Å². The first-order valence-electron chi connectivity index (χ1n) is 8.34. The number of rotatable bonds is 7. The highest BCUT2D eigenvalue weighted by molar-refractivity contribution is 5.97. The minimum absolute atomic E-state index is 0.0383. The van der Waals surface area contributed by atoms with Gasteiger partial charge in [0.2, 0.25) is 0 Å². The van der Waals surface area contributed by atoms with Gasteiger partial charge in [-0.25, -0.2) is 0 Å². The van der Waals surface area contributed by atoms with Crippen molar-refractivity contribution in [2.75, 3.05) is 13.2 Å². The monoisotopic (exact) mass is 329 g/mol. The van der Waals surface area contributed by atoms with E-state index in [4.69, 9.17) is 9.47 Å². The summed E-state index contributed by atoms with van der Waals surface area (Å²) in [5, 5.41) is 7.15. The highest BCUT2D eigenvalue weighted by Gasteiger charge is 2.19. The van der Waals surface area contributed by atoms with Gasteiger partial charge in [0.1, 0.15) is 12.4 Å². The van der Waals surface area contributed by atoms with Gasteiger partial charge in [-0.15, -0.1) is 0 Å². The molecule has 6 heteroatoms. The lowest BCUT2D eigenvalue weighted by Gasteiger charge is -2.17. The predicted octanol–water partition coefficient (Wildman–Crippen LogP) is 2.26. The van der Waals surface area contributed by atoms with Gasteiger partial charge < -0.3 is 14.8 Å². The predicted molar refractivity (Wildman–Crippen MR) is 90.1 cm³/mol. The van der Waals surface area contributed by atoms with E-state index < -0.39 is 0 Å². The number of nitrogens with zero attached hydrogens (tertiary/aromatic N) is 2. The van der Waals surface area contributed by atoms with E-state index in [0.29, 0.717) is 24.5 Å². The third-order valence-electron chi connectivity index (χ3n) is 3.98. The van der Waals surface area contributed by atoms with E-state index in [0.717, 1.165) is 19.4 Å². The van der Waals surface area contributed by atoms with E-state index in [2.05, 4.69) is 10.4 Å². The molecule has 1 aromatic carbocycles. The summed E-state index contributed by atoms with van der Waals surface area (Å²) >= 11 is 0. The first-order valence-corrected chi connectivity index (χ1v) is 8.34. The van der Waals surface area contributed by atoms with Crippen LogP contribution in [0.15, 0.2) is 42.7 Å². The Hall–Kier alpha value is -2.34. The number of hydrogen-bond acceptors (Lipinski definition) is 4. The van der Waals surface area contributed by atoms with Crippen molar-refractivity contribution in [2.24, 2.45) is 0 Å².